The first-order chi connectivity index (χ1) is 9.52. The number of thiocarbonyl (C=S) groups is 1. The van der Waals surface area contributed by atoms with Gasteiger partial charge in [-0.25, -0.2) is 0 Å². The van der Waals surface area contributed by atoms with Gasteiger partial charge in [-0.3, -0.25) is 4.98 Å². The summed E-state index contributed by atoms with van der Waals surface area (Å²) >= 11 is 5.09. The van der Waals surface area contributed by atoms with E-state index in [1.54, 1.807) is 0 Å². The first kappa shape index (κ1) is 14.7. The van der Waals surface area contributed by atoms with Crippen molar-refractivity contribution < 1.29 is 0 Å². The van der Waals surface area contributed by atoms with E-state index in [-0.39, 0.29) is 5.92 Å². The van der Waals surface area contributed by atoms with Gasteiger partial charge in [0, 0.05) is 35.8 Å². The van der Waals surface area contributed by atoms with E-state index in [0.29, 0.717) is 4.99 Å². The zero-order chi connectivity index (χ0) is 14.7. The number of aromatic nitrogens is 1. The molecule has 1 aromatic heterocycles. The second-order valence-corrected chi connectivity index (χ2v) is 5.61. The Hall–Kier alpha value is -1.68. The normalized spacial score (nSPS) is 12.3. The molecule has 1 atom stereocenters. The number of hydrogen-bond acceptors (Lipinski definition) is 3. The van der Waals surface area contributed by atoms with Crippen LogP contribution in [0.3, 0.4) is 0 Å². The number of fused-ring (bicyclic) bond motifs is 1. The second kappa shape index (κ2) is 6.18. The molecule has 0 fully saturated rings. The van der Waals surface area contributed by atoms with Gasteiger partial charge in [0.15, 0.2) is 0 Å². The SMILES string of the molecule is CCN(CC(C)C(N)=S)c1cc(C)nc2ccccc12. The van der Waals surface area contributed by atoms with E-state index in [1.807, 2.05) is 19.1 Å². The number of anilines is 1. The van der Waals surface area contributed by atoms with Crippen molar-refractivity contribution in [3.8, 4) is 0 Å². The summed E-state index contributed by atoms with van der Waals surface area (Å²) in [6.07, 6.45) is 0. The highest BCUT2D eigenvalue weighted by Gasteiger charge is 2.14. The quantitative estimate of drug-likeness (QED) is 0.857. The van der Waals surface area contributed by atoms with E-state index in [4.69, 9.17) is 18.0 Å². The number of nitrogens with zero attached hydrogens (tertiary/aromatic N) is 2. The molecule has 2 rings (SSSR count). The lowest BCUT2D eigenvalue weighted by Crippen LogP contribution is -2.34. The second-order valence-electron chi connectivity index (χ2n) is 5.14. The van der Waals surface area contributed by atoms with Gasteiger partial charge in [-0.2, -0.15) is 0 Å². The minimum Gasteiger partial charge on any atom is -0.393 e. The summed E-state index contributed by atoms with van der Waals surface area (Å²) in [4.78, 5) is 7.48. The Morgan fingerprint density at radius 2 is 2.10 bits per heavy atom. The summed E-state index contributed by atoms with van der Waals surface area (Å²) < 4.78 is 0. The van der Waals surface area contributed by atoms with Crippen LogP contribution in [0.4, 0.5) is 5.69 Å². The monoisotopic (exact) mass is 287 g/mol. The van der Waals surface area contributed by atoms with E-state index in [2.05, 4.69) is 41.9 Å². The van der Waals surface area contributed by atoms with Gasteiger partial charge in [-0.05, 0) is 26.0 Å². The molecule has 0 spiro atoms. The predicted molar refractivity (Wildman–Crippen MR) is 90.3 cm³/mol. The molecule has 0 amide bonds. The number of rotatable bonds is 5. The minimum atomic E-state index is 0.192. The molecule has 106 valence electrons. The Bertz CT molecular complexity index is 624. The van der Waals surface area contributed by atoms with Gasteiger partial charge in [0.05, 0.1) is 10.5 Å². The zero-order valence-electron chi connectivity index (χ0n) is 12.3. The van der Waals surface area contributed by atoms with Gasteiger partial charge in [0.2, 0.25) is 0 Å². The molecule has 1 heterocycles. The molecule has 0 aliphatic heterocycles. The summed E-state index contributed by atoms with van der Waals surface area (Å²) in [7, 11) is 0. The number of pyridine rings is 1. The van der Waals surface area contributed by atoms with Crippen molar-refractivity contribution in [3.05, 3.63) is 36.0 Å². The Balaban J connectivity index is 2.46. The highest BCUT2D eigenvalue weighted by molar-refractivity contribution is 7.80. The van der Waals surface area contributed by atoms with Gasteiger partial charge in [-0.15, -0.1) is 0 Å². The number of benzene rings is 1. The van der Waals surface area contributed by atoms with Gasteiger partial charge < -0.3 is 10.6 Å². The fraction of sp³-hybridized carbons (Fsp3) is 0.375. The lowest BCUT2D eigenvalue weighted by molar-refractivity contribution is 0.709. The highest BCUT2D eigenvalue weighted by atomic mass is 32.1. The predicted octanol–water partition coefficient (Wildman–Crippen LogP) is 3.29. The minimum absolute atomic E-state index is 0.192. The first-order valence-corrected chi connectivity index (χ1v) is 7.34. The van der Waals surface area contributed by atoms with Crippen LogP contribution < -0.4 is 10.6 Å². The van der Waals surface area contributed by atoms with Crippen LogP contribution in [0.15, 0.2) is 30.3 Å². The molecule has 20 heavy (non-hydrogen) atoms. The number of hydrogen-bond donors (Lipinski definition) is 1. The summed E-state index contributed by atoms with van der Waals surface area (Å²) in [6, 6.07) is 10.4. The Labute approximate surface area is 125 Å². The molecule has 0 saturated carbocycles. The van der Waals surface area contributed by atoms with Gasteiger partial charge >= 0.3 is 0 Å². The van der Waals surface area contributed by atoms with Gasteiger partial charge in [0.1, 0.15) is 0 Å². The molecule has 1 aromatic carbocycles. The molecule has 0 saturated heterocycles. The lowest BCUT2D eigenvalue weighted by atomic mass is 10.1. The summed E-state index contributed by atoms with van der Waals surface area (Å²) in [6.45, 7) is 8.00. The summed E-state index contributed by atoms with van der Waals surface area (Å²) in [5.41, 5.74) is 9.02. The first-order valence-electron chi connectivity index (χ1n) is 6.93. The zero-order valence-corrected chi connectivity index (χ0v) is 13.1. The van der Waals surface area contributed by atoms with Crippen molar-refractivity contribution in [2.24, 2.45) is 11.7 Å². The Morgan fingerprint density at radius 3 is 2.75 bits per heavy atom. The standard InChI is InChI=1S/C16H21N3S/c1-4-19(10-11(2)16(17)20)15-9-12(3)18-14-8-6-5-7-13(14)15/h5-9,11H,4,10H2,1-3H3,(H2,17,20). The third kappa shape index (κ3) is 3.07. The molecule has 0 aliphatic rings. The number of para-hydroxylation sites is 1. The third-order valence-electron chi connectivity index (χ3n) is 3.52. The third-order valence-corrected chi connectivity index (χ3v) is 3.93. The van der Waals surface area contributed by atoms with Crippen molar-refractivity contribution >= 4 is 33.8 Å². The van der Waals surface area contributed by atoms with Crippen molar-refractivity contribution in [1.29, 1.82) is 0 Å². The van der Waals surface area contributed by atoms with Crippen LogP contribution in [0.2, 0.25) is 0 Å². The maximum absolute atomic E-state index is 5.75. The molecular weight excluding hydrogens is 266 g/mol. The smallest absolute Gasteiger partial charge is 0.0773 e. The van der Waals surface area contributed by atoms with E-state index >= 15 is 0 Å². The average molecular weight is 287 g/mol. The maximum Gasteiger partial charge on any atom is 0.0773 e. The van der Waals surface area contributed by atoms with Crippen LogP contribution in [-0.4, -0.2) is 23.1 Å². The average Bonchev–Trinajstić information content (AvgIpc) is 2.43. The van der Waals surface area contributed by atoms with Gasteiger partial charge in [-0.1, -0.05) is 37.3 Å². The van der Waals surface area contributed by atoms with Crippen molar-refractivity contribution in [2.45, 2.75) is 20.8 Å². The molecule has 0 bridgehead atoms. The molecule has 1 unspecified atom stereocenters. The summed E-state index contributed by atoms with van der Waals surface area (Å²) in [5.74, 6) is 0.192. The molecule has 2 aromatic rings. The van der Waals surface area contributed by atoms with Gasteiger partial charge in [0.25, 0.3) is 0 Å². The molecule has 2 N–H and O–H groups in total. The van der Waals surface area contributed by atoms with Crippen LogP contribution in [0.5, 0.6) is 0 Å². The Kier molecular flexibility index (Phi) is 4.55. The topological polar surface area (TPSA) is 42.1 Å². The van der Waals surface area contributed by atoms with E-state index < -0.39 is 0 Å². The largest absolute Gasteiger partial charge is 0.393 e. The Morgan fingerprint density at radius 1 is 1.40 bits per heavy atom. The molecular formula is C16H21N3S. The van der Waals surface area contributed by atoms with Crippen LogP contribution >= 0.6 is 12.2 Å². The number of nitrogens with two attached hydrogens (primary N) is 1. The molecule has 3 nitrogen and oxygen atoms in total. The number of aryl methyl sites for hydroxylation is 1. The van der Waals surface area contributed by atoms with Crippen LogP contribution in [0.1, 0.15) is 19.5 Å². The lowest BCUT2D eigenvalue weighted by Gasteiger charge is -2.27. The fourth-order valence-corrected chi connectivity index (χ4v) is 2.44. The van der Waals surface area contributed by atoms with Crippen LogP contribution in [0, 0.1) is 12.8 Å². The van der Waals surface area contributed by atoms with Crippen molar-refractivity contribution in [3.63, 3.8) is 0 Å². The van der Waals surface area contributed by atoms with Crippen molar-refractivity contribution in [1.82, 2.24) is 4.98 Å². The highest BCUT2D eigenvalue weighted by Crippen LogP contribution is 2.27. The van der Waals surface area contributed by atoms with Crippen molar-refractivity contribution in [2.75, 3.05) is 18.0 Å². The van der Waals surface area contributed by atoms with Crippen LogP contribution in [0.25, 0.3) is 10.9 Å². The molecule has 0 radical (unpaired) electrons. The molecule has 0 aliphatic carbocycles. The molecule has 4 heteroatoms. The maximum atomic E-state index is 5.75. The fourth-order valence-electron chi connectivity index (χ4n) is 2.37. The van der Waals surface area contributed by atoms with E-state index in [0.717, 1.165) is 24.3 Å². The van der Waals surface area contributed by atoms with E-state index in [1.165, 1.54) is 11.1 Å². The van der Waals surface area contributed by atoms with E-state index in [9.17, 15) is 0 Å². The van der Waals surface area contributed by atoms with Crippen LogP contribution in [-0.2, 0) is 0 Å². The summed E-state index contributed by atoms with van der Waals surface area (Å²) in [5, 5.41) is 1.18.